The molecule has 0 aromatic rings. The minimum absolute atomic E-state index is 0.0462. The zero-order valence-corrected chi connectivity index (χ0v) is 7.19. The summed E-state index contributed by atoms with van der Waals surface area (Å²) in [5, 5.41) is 8.45. The maximum absolute atomic E-state index is 8.45. The maximum atomic E-state index is 8.45. The third-order valence-corrected chi connectivity index (χ3v) is 1.72. The van der Waals surface area contributed by atoms with Crippen molar-refractivity contribution in [2.45, 2.75) is 32.2 Å². The van der Waals surface area contributed by atoms with Crippen LogP contribution in [0, 0.1) is 11.3 Å². The molecule has 1 saturated heterocycles. The Hall–Kier alpha value is -0.850. The van der Waals surface area contributed by atoms with E-state index >= 15 is 0 Å². The zero-order chi connectivity index (χ0) is 8.81. The Morgan fingerprint density at radius 1 is 1.67 bits per heavy atom. The molecule has 0 saturated carbocycles. The molecule has 66 valence electrons. The standard InChI is InChI=1S/C9H13NO2/c1-2-3-9-11-7-5-8(12-9)4-6-10/h2-3,8-9H,4-5,7H2,1H3. The van der Waals surface area contributed by atoms with Crippen molar-refractivity contribution in [1.82, 2.24) is 0 Å². The monoisotopic (exact) mass is 167 g/mol. The highest BCUT2D eigenvalue weighted by Crippen LogP contribution is 2.15. The Morgan fingerprint density at radius 2 is 2.50 bits per heavy atom. The molecule has 2 unspecified atom stereocenters. The Labute approximate surface area is 72.6 Å². The molecule has 0 aromatic carbocycles. The van der Waals surface area contributed by atoms with E-state index in [2.05, 4.69) is 6.07 Å². The van der Waals surface area contributed by atoms with Gasteiger partial charge < -0.3 is 9.47 Å². The number of rotatable bonds is 2. The molecule has 0 bridgehead atoms. The van der Waals surface area contributed by atoms with Crippen LogP contribution < -0.4 is 0 Å². The predicted molar refractivity (Wildman–Crippen MR) is 44.3 cm³/mol. The summed E-state index contributed by atoms with van der Waals surface area (Å²) in [5.41, 5.74) is 0. The lowest BCUT2D eigenvalue weighted by Crippen LogP contribution is -2.30. The second-order valence-electron chi connectivity index (χ2n) is 2.67. The van der Waals surface area contributed by atoms with Crippen molar-refractivity contribution in [2.24, 2.45) is 0 Å². The van der Waals surface area contributed by atoms with Crippen LogP contribution in [0.4, 0.5) is 0 Å². The van der Waals surface area contributed by atoms with E-state index < -0.39 is 0 Å². The highest BCUT2D eigenvalue weighted by Gasteiger charge is 2.20. The molecule has 3 heteroatoms. The first-order valence-corrected chi connectivity index (χ1v) is 4.13. The van der Waals surface area contributed by atoms with Gasteiger partial charge in [0, 0.05) is 0 Å². The molecule has 2 atom stereocenters. The van der Waals surface area contributed by atoms with Crippen molar-refractivity contribution >= 4 is 0 Å². The van der Waals surface area contributed by atoms with E-state index in [0.717, 1.165) is 6.42 Å². The van der Waals surface area contributed by atoms with Gasteiger partial charge in [0.15, 0.2) is 6.29 Å². The van der Waals surface area contributed by atoms with E-state index in [-0.39, 0.29) is 12.4 Å². The van der Waals surface area contributed by atoms with E-state index in [4.69, 9.17) is 14.7 Å². The van der Waals surface area contributed by atoms with Gasteiger partial charge in [-0.2, -0.15) is 5.26 Å². The Kier molecular flexibility index (Phi) is 3.78. The number of nitriles is 1. The van der Waals surface area contributed by atoms with Crippen LogP contribution in [0.3, 0.4) is 0 Å². The maximum Gasteiger partial charge on any atom is 0.177 e. The van der Waals surface area contributed by atoms with Crippen LogP contribution in [0.2, 0.25) is 0 Å². The van der Waals surface area contributed by atoms with Crippen LogP contribution >= 0.6 is 0 Å². The normalized spacial score (nSPS) is 30.3. The molecule has 1 rings (SSSR count). The first-order valence-electron chi connectivity index (χ1n) is 4.13. The van der Waals surface area contributed by atoms with Crippen molar-refractivity contribution in [3.05, 3.63) is 12.2 Å². The molecule has 0 amide bonds. The molecule has 12 heavy (non-hydrogen) atoms. The highest BCUT2D eigenvalue weighted by atomic mass is 16.7. The molecule has 0 aromatic heterocycles. The van der Waals surface area contributed by atoms with Gasteiger partial charge in [-0.05, 0) is 19.4 Å². The van der Waals surface area contributed by atoms with Crippen LogP contribution in [-0.2, 0) is 9.47 Å². The molecular weight excluding hydrogens is 154 g/mol. The van der Waals surface area contributed by atoms with Crippen LogP contribution in [0.15, 0.2) is 12.2 Å². The van der Waals surface area contributed by atoms with Gasteiger partial charge in [0.25, 0.3) is 0 Å². The second kappa shape index (κ2) is 4.91. The predicted octanol–water partition coefficient (Wildman–Crippen LogP) is 1.61. The fourth-order valence-electron chi connectivity index (χ4n) is 1.12. The SMILES string of the molecule is CC=CC1OCCC(CC#N)O1. The summed E-state index contributed by atoms with van der Waals surface area (Å²) in [7, 11) is 0. The summed E-state index contributed by atoms with van der Waals surface area (Å²) in [5.74, 6) is 0. The number of hydrogen-bond donors (Lipinski definition) is 0. The molecule has 1 aliphatic rings. The van der Waals surface area contributed by atoms with E-state index in [0.29, 0.717) is 13.0 Å². The van der Waals surface area contributed by atoms with Gasteiger partial charge in [0.05, 0.1) is 25.2 Å². The zero-order valence-electron chi connectivity index (χ0n) is 7.19. The third-order valence-electron chi connectivity index (χ3n) is 1.72. The number of ether oxygens (including phenoxy) is 2. The topological polar surface area (TPSA) is 42.2 Å². The van der Waals surface area contributed by atoms with Crippen molar-refractivity contribution in [1.29, 1.82) is 5.26 Å². The summed E-state index contributed by atoms with van der Waals surface area (Å²) >= 11 is 0. The van der Waals surface area contributed by atoms with Gasteiger partial charge in [-0.1, -0.05) is 6.08 Å². The van der Waals surface area contributed by atoms with Crippen molar-refractivity contribution in [3.63, 3.8) is 0 Å². The van der Waals surface area contributed by atoms with E-state index in [1.165, 1.54) is 0 Å². The fourth-order valence-corrected chi connectivity index (χ4v) is 1.12. The molecule has 1 fully saturated rings. The van der Waals surface area contributed by atoms with Gasteiger partial charge in [0.2, 0.25) is 0 Å². The first kappa shape index (κ1) is 9.24. The van der Waals surface area contributed by atoms with Gasteiger partial charge >= 0.3 is 0 Å². The van der Waals surface area contributed by atoms with Gasteiger partial charge in [-0.25, -0.2) is 0 Å². The molecular formula is C9H13NO2. The molecule has 0 N–H and O–H groups in total. The summed E-state index contributed by atoms with van der Waals surface area (Å²) in [6.45, 7) is 2.60. The molecule has 3 nitrogen and oxygen atoms in total. The van der Waals surface area contributed by atoms with E-state index in [9.17, 15) is 0 Å². The Bertz CT molecular complexity index is 195. The first-order chi connectivity index (χ1) is 5.86. The smallest absolute Gasteiger partial charge is 0.177 e. The minimum atomic E-state index is -0.248. The number of nitrogens with zero attached hydrogens (tertiary/aromatic N) is 1. The Morgan fingerprint density at radius 3 is 3.17 bits per heavy atom. The average Bonchev–Trinajstić information content (AvgIpc) is 2.06. The average molecular weight is 167 g/mol. The van der Waals surface area contributed by atoms with Crippen LogP contribution in [0.25, 0.3) is 0 Å². The van der Waals surface area contributed by atoms with Crippen LogP contribution in [0.1, 0.15) is 19.8 Å². The molecule has 1 heterocycles. The lowest BCUT2D eigenvalue weighted by molar-refractivity contribution is -0.185. The van der Waals surface area contributed by atoms with Gasteiger partial charge in [-0.3, -0.25) is 0 Å². The van der Waals surface area contributed by atoms with E-state index in [1.54, 1.807) is 0 Å². The second-order valence-corrected chi connectivity index (χ2v) is 2.67. The fraction of sp³-hybridized carbons (Fsp3) is 0.667. The molecule has 0 aliphatic carbocycles. The van der Waals surface area contributed by atoms with Crippen molar-refractivity contribution in [2.75, 3.05) is 6.61 Å². The Balaban J connectivity index is 2.36. The lowest BCUT2D eigenvalue weighted by atomic mass is 10.2. The summed E-state index contributed by atoms with van der Waals surface area (Å²) in [4.78, 5) is 0. The number of hydrogen-bond acceptors (Lipinski definition) is 3. The highest BCUT2D eigenvalue weighted by molar-refractivity contribution is 4.86. The molecule has 0 radical (unpaired) electrons. The molecule has 1 aliphatic heterocycles. The summed E-state index contributed by atoms with van der Waals surface area (Å²) < 4.78 is 10.7. The third kappa shape index (κ3) is 2.65. The van der Waals surface area contributed by atoms with Gasteiger partial charge in [0.1, 0.15) is 0 Å². The van der Waals surface area contributed by atoms with Crippen molar-refractivity contribution in [3.8, 4) is 6.07 Å². The van der Waals surface area contributed by atoms with Crippen molar-refractivity contribution < 1.29 is 9.47 Å². The van der Waals surface area contributed by atoms with E-state index in [1.807, 2.05) is 19.1 Å². The summed E-state index contributed by atoms with van der Waals surface area (Å²) in [6, 6.07) is 2.10. The number of allylic oxidation sites excluding steroid dienone is 1. The minimum Gasteiger partial charge on any atom is -0.349 e. The summed E-state index contributed by atoms with van der Waals surface area (Å²) in [6.07, 6.45) is 4.81. The molecule has 0 spiro atoms. The van der Waals surface area contributed by atoms with Gasteiger partial charge in [-0.15, -0.1) is 0 Å². The lowest BCUT2D eigenvalue weighted by Gasteiger charge is -2.26. The van der Waals surface area contributed by atoms with Crippen LogP contribution in [-0.4, -0.2) is 19.0 Å². The quantitative estimate of drug-likeness (QED) is 0.587. The van der Waals surface area contributed by atoms with Crippen LogP contribution in [0.5, 0.6) is 0 Å². The largest absolute Gasteiger partial charge is 0.349 e.